The van der Waals surface area contributed by atoms with Gasteiger partial charge in [-0.3, -0.25) is 0 Å². The number of aromatic nitrogens is 1. The van der Waals surface area contributed by atoms with E-state index in [2.05, 4.69) is 30.6 Å². The Hall–Kier alpha value is -2.05. The Morgan fingerprint density at radius 2 is 2.05 bits per heavy atom. The summed E-state index contributed by atoms with van der Waals surface area (Å²) in [4.78, 5) is 0. The fraction of sp³-hybridized carbons (Fsp3) is 0.353. The number of hydrogen-bond donors (Lipinski definition) is 1. The quantitative estimate of drug-likeness (QED) is 0.860. The van der Waals surface area contributed by atoms with Gasteiger partial charge in [0.25, 0.3) is 0 Å². The van der Waals surface area contributed by atoms with Gasteiger partial charge in [0.2, 0.25) is 0 Å². The molecule has 20 heavy (non-hydrogen) atoms. The van der Waals surface area contributed by atoms with Crippen LogP contribution in [0, 0.1) is 16.7 Å². The zero-order valence-electron chi connectivity index (χ0n) is 11.9. The molecule has 1 heterocycles. The van der Waals surface area contributed by atoms with Crippen LogP contribution >= 0.6 is 0 Å². The summed E-state index contributed by atoms with van der Waals surface area (Å²) in [6.07, 6.45) is 4.04. The maximum atomic E-state index is 9.29. The average molecular weight is 265 g/mol. The van der Waals surface area contributed by atoms with Gasteiger partial charge in [0, 0.05) is 17.9 Å². The van der Waals surface area contributed by atoms with Gasteiger partial charge in [0.05, 0.1) is 11.3 Å². The van der Waals surface area contributed by atoms with Crippen molar-refractivity contribution < 1.29 is 0 Å². The molecular formula is C17H19N3. The van der Waals surface area contributed by atoms with Gasteiger partial charge in [-0.25, -0.2) is 0 Å². The van der Waals surface area contributed by atoms with E-state index in [9.17, 15) is 5.26 Å². The molecule has 0 saturated heterocycles. The van der Waals surface area contributed by atoms with Crippen molar-refractivity contribution in [1.82, 2.24) is 4.57 Å². The predicted octanol–water partition coefficient (Wildman–Crippen LogP) is 3.32. The Labute approximate surface area is 119 Å². The van der Waals surface area contributed by atoms with E-state index in [1.807, 2.05) is 30.5 Å². The lowest BCUT2D eigenvalue weighted by molar-refractivity contribution is 0.278. The zero-order chi connectivity index (χ0) is 14.3. The van der Waals surface area contributed by atoms with Crippen molar-refractivity contribution in [2.45, 2.75) is 32.7 Å². The zero-order valence-corrected chi connectivity index (χ0v) is 11.9. The molecule has 1 unspecified atom stereocenters. The second kappa shape index (κ2) is 4.50. The highest BCUT2D eigenvalue weighted by Gasteiger charge is 2.32. The summed E-state index contributed by atoms with van der Waals surface area (Å²) < 4.78 is 2.13. The van der Waals surface area contributed by atoms with E-state index in [1.165, 1.54) is 11.3 Å². The largest absolute Gasteiger partial charge is 0.324 e. The number of hydrogen-bond acceptors (Lipinski definition) is 2. The van der Waals surface area contributed by atoms with E-state index < -0.39 is 0 Å². The van der Waals surface area contributed by atoms with Gasteiger partial charge in [-0.2, -0.15) is 5.26 Å². The standard InChI is InChI=1S/C17H19N3/c1-17(2)9-14(19)13-7-8-20(16(13)10-17)15-6-4-3-5-12(15)11-18/h3-8,14H,9-10,19H2,1-2H3. The molecule has 0 bridgehead atoms. The number of benzene rings is 1. The Balaban J connectivity index is 2.17. The highest BCUT2D eigenvalue weighted by Crippen LogP contribution is 2.40. The molecular weight excluding hydrogens is 246 g/mol. The Kier molecular flexibility index (Phi) is 2.92. The molecule has 2 N–H and O–H groups in total. The van der Waals surface area contributed by atoms with Gasteiger partial charge in [-0.1, -0.05) is 26.0 Å². The minimum atomic E-state index is 0.0873. The number of nitrogens with two attached hydrogens (primary N) is 1. The normalized spacial score (nSPS) is 20.2. The van der Waals surface area contributed by atoms with Crippen LogP contribution in [0.3, 0.4) is 0 Å². The summed E-state index contributed by atoms with van der Waals surface area (Å²) in [6.45, 7) is 4.51. The summed E-state index contributed by atoms with van der Waals surface area (Å²) in [5, 5.41) is 9.29. The molecule has 0 amide bonds. The number of fused-ring (bicyclic) bond motifs is 1. The Morgan fingerprint density at radius 3 is 2.80 bits per heavy atom. The summed E-state index contributed by atoms with van der Waals surface area (Å²) in [5.41, 5.74) is 10.6. The fourth-order valence-corrected chi connectivity index (χ4v) is 3.24. The van der Waals surface area contributed by atoms with Crippen molar-refractivity contribution in [3.8, 4) is 11.8 Å². The van der Waals surface area contributed by atoms with E-state index in [4.69, 9.17) is 5.73 Å². The van der Waals surface area contributed by atoms with Crippen LogP contribution in [0.5, 0.6) is 0 Å². The third kappa shape index (κ3) is 2.03. The van der Waals surface area contributed by atoms with Crippen molar-refractivity contribution in [1.29, 1.82) is 5.26 Å². The molecule has 3 rings (SSSR count). The first-order valence-electron chi connectivity index (χ1n) is 6.97. The van der Waals surface area contributed by atoms with Crippen LogP contribution < -0.4 is 5.73 Å². The van der Waals surface area contributed by atoms with Crippen LogP contribution in [-0.2, 0) is 6.42 Å². The highest BCUT2D eigenvalue weighted by atomic mass is 15.0. The maximum Gasteiger partial charge on any atom is 0.101 e. The molecule has 0 spiro atoms. The van der Waals surface area contributed by atoms with Gasteiger partial charge in [0.15, 0.2) is 0 Å². The van der Waals surface area contributed by atoms with Crippen molar-refractivity contribution in [2.24, 2.45) is 11.1 Å². The van der Waals surface area contributed by atoms with E-state index >= 15 is 0 Å². The molecule has 1 aromatic heterocycles. The first-order chi connectivity index (χ1) is 9.52. The van der Waals surface area contributed by atoms with Gasteiger partial charge in [-0.15, -0.1) is 0 Å². The van der Waals surface area contributed by atoms with Gasteiger partial charge in [-0.05, 0) is 42.0 Å². The van der Waals surface area contributed by atoms with E-state index in [1.54, 1.807) is 0 Å². The lowest BCUT2D eigenvalue weighted by Gasteiger charge is -2.34. The molecule has 1 aromatic carbocycles. The molecule has 0 fully saturated rings. The molecule has 0 aliphatic heterocycles. The number of para-hydroxylation sites is 1. The summed E-state index contributed by atoms with van der Waals surface area (Å²) in [5.74, 6) is 0. The Morgan fingerprint density at radius 1 is 1.30 bits per heavy atom. The van der Waals surface area contributed by atoms with Gasteiger partial charge in [0.1, 0.15) is 6.07 Å². The second-order valence-electron chi connectivity index (χ2n) is 6.37. The van der Waals surface area contributed by atoms with E-state index in [0.717, 1.165) is 18.5 Å². The molecule has 102 valence electrons. The number of rotatable bonds is 1. The lowest BCUT2D eigenvalue weighted by atomic mass is 9.74. The van der Waals surface area contributed by atoms with Gasteiger partial charge >= 0.3 is 0 Å². The number of nitrogens with zero attached hydrogens (tertiary/aromatic N) is 2. The predicted molar refractivity (Wildman–Crippen MR) is 79.5 cm³/mol. The summed E-state index contributed by atoms with van der Waals surface area (Å²) in [6, 6.07) is 12.2. The third-order valence-electron chi connectivity index (χ3n) is 4.13. The Bertz CT molecular complexity index is 689. The first-order valence-corrected chi connectivity index (χ1v) is 6.97. The lowest BCUT2D eigenvalue weighted by Crippen LogP contribution is -2.30. The first kappa shape index (κ1) is 13.0. The minimum absolute atomic E-state index is 0.0873. The fourth-order valence-electron chi connectivity index (χ4n) is 3.24. The average Bonchev–Trinajstić information content (AvgIpc) is 2.81. The van der Waals surface area contributed by atoms with E-state index in [-0.39, 0.29) is 11.5 Å². The van der Waals surface area contributed by atoms with Crippen molar-refractivity contribution in [2.75, 3.05) is 0 Å². The molecule has 1 aliphatic carbocycles. The molecule has 0 saturated carbocycles. The molecule has 3 nitrogen and oxygen atoms in total. The van der Waals surface area contributed by atoms with Crippen LogP contribution in [0.1, 0.15) is 43.1 Å². The maximum absolute atomic E-state index is 9.29. The van der Waals surface area contributed by atoms with Gasteiger partial charge < -0.3 is 10.3 Å². The molecule has 1 aliphatic rings. The second-order valence-corrected chi connectivity index (χ2v) is 6.37. The minimum Gasteiger partial charge on any atom is -0.324 e. The summed E-state index contributed by atoms with van der Waals surface area (Å²) >= 11 is 0. The molecule has 3 heteroatoms. The smallest absolute Gasteiger partial charge is 0.101 e. The topological polar surface area (TPSA) is 54.7 Å². The summed E-state index contributed by atoms with van der Waals surface area (Å²) in [7, 11) is 0. The van der Waals surface area contributed by atoms with Crippen LogP contribution in [0.4, 0.5) is 0 Å². The SMILES string of the molecule is CC1(C)Cc2c(ccn2-c2ccccc2C#N)C(N)C1. The van der Waals surface area contributed by atoms with Crippen molar-refractivity contribution >= 4 is 0 Å². The number of nitriles is 1. The molecule has 1 atom stereocenters. The van der Waals surface area contributed by atoms with Crippen LogP contribution in [0.2, 0.25) is 0 Å². The van der Waals surface area contributed by atoms with Crippen LogP contribution in [0.25, 0.3) is 5.69 Å². The monoisotopic (exact) mass is 265 g/mol. The molecule has 2 aromatic rings. The molecule has 0 radical (unpaired) electrons. The van der Waals surface area contributed by atoms with Crippen LogP contribution in [0.15, 0.2) is 36.5 Å². The third-order valence-corrected chi connectivity index (χ3v) is 4.13. The van der Waals surface area contributed by atoms with Crippen molar-refractivity contribution in [3.05, 3.63) is 53.3 Å². The highest BCUT2D eigenvalue weighted by molar-refractivity contribution is 5.51. The van der Waals surface area contributed by atoms with Crippen LogP contribution in [-0.4, -0.2) is 4.57 Å². The van der Waals surface area contributed by atoms with Crippen molar-refractivity contribution in [3.63, 3.8) is 0 Å². The van der Waals surface area contributed by atoms with E-state index in [0.29, 0.717) is 5.56 Å².